The van der Waals surface area contributed by atoms with Crippen LogP contribution >= 0.6 is 0 Å². The van der Waals surface area contributed by atoms with Crippen molar-refractivity contribution >= 4 is 16.7 Å². The van der Waals surface area contributed by atoms with Crippen LogP contribution < -0.4 is 5.73 Å². The fraction of sp³-hybridized carbons (Fsp3) is 0.250. The van der Waals surface area contributed by atoms with Gasteiger partial charge in [0.25, 0.3) is 0 Å². The number of carbonyl (C=O) groups excluding carboxylic acids is 1. The summed E-state index contributed by atoms with van der Waals surface area (Å²) in [4.78, 5) is 11.8. The Hall–Kier alpha value is -1.68. The van der Waals surface area contributed by atoms with E-state index in [0.717, 1.165) is 5.52 Å². The van der Waals surface area contributed by atoms with E-state index in [-0.39, 0.29) is 18.0 Å². The van der Waals surface area contributed by atoms with Crippen LogP contribution in [0.25, 0.3) is 10.9 Å². The van der Waals surface area contributed by atoms with Gasteiger partial charge in [-0.15, -0.1) is 0 Å². The molecule has 84 valence electrons. The van der Waals surface area contributed by atoms with Gasteiger partial charge in [-0.25, -0.2) is 4.39 Å². The van der Waals surface area contributed by atoms with Crippen molar-refractivity contribution < 1.29 is 9.18 Å². The number of carbonyl (C=O) groups is 1. The monoisotopic (exact) mass is 220 g/mol. The third-order valence-corrected chi connectivity index (χ3v) is 2.62. The number of Topliss-reactive ketones (excluding diaryl/α,β-unsaturated/α-hetero) is 1. The minimum Gasteiger partial charge on any atom is -0.350 e. The quantitative estimate of drug-likeness (QED) is 0.802. The second kappa shape index (κ2) is 4.06. The number of nitrogens with two attached hydrogens (primary N) is 1. The van der Waals surface area contributed by atoms with E-state index in [1.165, 1.54) is 12.1 Å². The van der Waals surface area contributed by atoms with Gasteiger partial charge in [0.1, 0.15) is 5.82 Å². The number of benzene rings is 1. The molecule has 0 spiro atoms. The molecule has 0 saturated heterocycles. The molecular weight excluding hydrogens is 207 g/mol. The van der Waals surface area contributed by atoms with Gasteiger partial charge in [-0.1, -0.05) is 0 Å². The number of rotatable bonds is 3. The third kappa shape index (κ3) is 1.72. The Kier molecular flexibility index (Phi) is 2.75. The average molecular weight is 220 g/mol. The first kappa shape index (κ1) is 10.8. The lowest BCUT2D eigenvalue weighted by Crippen LogP contribution is -2.07. The maximum absolute atomic E-state index is 13.1. The Bertz CT molecular complexity index is 545. The van der Waals surface area contributed by atoms with Gasteiger partial charge in [-0.2, -0.15) is 0 Å². The van der Waals surface area contributed by atoms with Gasteiger partial charge < -0.3 is 10.3 Å². The molecule has 4 heteroatoms. The van der Waals surface area contributed by atoms with Crippen molar-refractivity contribution in [3.8, 4) is 0 Å². The van der Waals surface area contributed by atoms with Crippen molar-refractivity contribution in [1.29, 1.82) is 0 Å². The lowest BCUT2D eigenvalue weighted by molar-refractivity contribution is 0.0987. The lowest BCUT2D eigenvalue weighted by Gasteiger charge is -1.97. The van der Waals surface area contributed by atoms with Gasteiger partial charge in [0.2, 0.25) is 0 Å². The molecular formula is C12H13FN2O. The first-order valence-corrected chi connectivity index (χ1v) is 5.11. The highest BCUT2D eigenvalue weighted by atomic mass is 19.1. The molecule has 1 heterocycles. The number of halogens is 1. The summed E-state index contributed by atoms with van der Waals surface area (Å²) >= 11 is 0. The molecule has 1 aromatic heterocycles. The van der Waals surface area contributed by atoms with Crippen LogP contribution in [-0.2, 0) is 7.05 Å². The highest BCUT2D eigenvalue weighted by Gasteiger charge is 2.13. The molecule has 16 heavy (non-hydrogen) atoms. The summed E-state index contributed by atoms with van der Waals surface area (Å²) in [6.45, 7) is 0.310. The summed E-state index contributed by atoms with van der Waals surface area (Å²) in [6, 6.07) is 4.45. The molecule has 0 radical (unpaired) electrons. The maximum atomic E-state index is 13.1. The van der Waals surface area contributed by atoms with E-state index in [1.54, 1.807) is 12.3 Å². The van der Waals surface area contributed by atoms with Crippen molar-refractivity contribution in [2.75, 3.05) is 6.54 Å². The number of hydrogen-bond donors (Lipinski definition) is 1. The zero-order valence-electron chi connectivity index (χ0n) is 9.03. The van der Waals surface area contributed by atoms with Crippen LogP contribution in [-0.4, -0.2) is 16.9 Å². The molecule has 2 aromatic rings. The zero-order valence-corrected chi connectivity index (χ0v) is 9.03. The van der Waals surface area contributed by atoms with Gasteiger partial charge in [0.15, 0.2) is 5.78 Å². The zero-order chi connectivity index (χ0) is 11.7. The lowest BCUT2D eigenvalue weighted by atomic mass is 10.1. The van der Waals surface area contributed by atoms with Crippen LogP contribution in [0.1, 0.15) is 16.8 Å². The van der Waals surface area contributed by atoms with Gasteiger partial charge in [0, 0.05) is 36.1 Å². The van der Waals surface area contributed by atoms with Gasteiger partial charge in [-0.3, -0.25) is 4.79 Å². The first-order chi connectivity index (χ1) is 7.63. The van der Waals surface area contributed by atoms with Crippen molar-refractivity contribution in [1.82, 2.24) is 4.57 Å². The molecule has 0 bridgehead atoms. The Morgan fingerprint density at radius 3 is 2.94 bits per heavy atom. The summed E-state index contributed by atoms with van der Waals surface area (Å²) in [5.74, 6) is -0.376. The summed E-state index contributed by atoms with van der Waals surface area (Å²) in [5.41, 5.74) is 6.74. The van der Waals surface area contributed by atoms with Crippen LogP contribution in [0, 0.1) is 5.82 Å². The highest BCUT2D eigenvalue weighted by Crippen LogP contribution is 2.22. The number of aromatic nitrogens is 1. The Morgan fingerprint density at radius 1 is 1.50 bits per heavy atom. The molecule has 0 atom stereocenters. The van der Waals surface area contributed by atoms with E-state index in [2.05, 4.69) is 0 Å². The standard InChI is InChI=1S/C12H13FN2O/c1-15-7-10(12(16)4-5-14)9-6-8(13)2-3-11(9)15/h2-3,6-7H,4-5,14H2,1H3. The number of aryl methyl sites for hydroxylation is 1. The van der Waals surface area contributed by atoms with Crippen LogP contribution in [0.2, 0.25) is 0 Å². The van der Waals surface area contributed by atoms with E-state index >= 15 is 0 Å². The number of ketones is 1. The number of hydrogen-bond acceptors (Lipinski definition) is 2. The second-order valence-electron chi connectivity index (χ2n) is 3.78. The summed E-state index contributed by atoms with van der Waals surface area (Å²) < 4.78 is 14.9. The normalized spacial score (nSPS) is 10.9. The Balaban J connectivity index is 2.61. The average Bonchev–Trinajstić information content (AvgIpc) is 2.56. The van der Waals surface area contributed by atoms with Gasteiger partial charge >= 0.3 is 0 Å². The van der Waals surface area contributed by atoms with E-state index in [0.29, 0.717) is 17.5 Å². The minimum atomic E-state index is -0.333. The van der Waals surface area contributed by atoms with Crippen molar-refractivity contribution in [2.45, 2.75) is 6.42 Å². The predicted molar refractivity (Wildman–Crippen MR) is 60.9 cm³/mol. The van der Waals surface area contributed by atoms with E-state index < -0.39 is 0 Å². The maximum Gasteiger partial charge on any atom is 0.166 e. The molecule has 0 aliphatic carbocycles. The smallest absolute Gasteiger partial charge is 0.166 e. The largest absolute Gasteiger partial charge is 0.350 e. The van der Waals surface area contributed by atoms with E-state index in [9.17, 15) is 9.18 Å². The van der Waals surface area contributed by atoms with E-state index in [4.69, 9.17) is 5.73 Å². The first-order valence-electron chi connectivity index (χ1n) is 5.11. The highest BCUT2D eigenvalue weighted by molar-refractivity contribution is 6.08. The molecule has 1 aromatic carbocycles. The SMILES string of the molecule is Cn1cc(C(=O)CCN)c2cc(F)ccc21. The van der Waals surface area contributed by atoms with Gasteiger partial charge in [0.05, 0.1) is 0 Å². The van der Waals surface area contributed by atoms with Crippen LogP contribution in [0.4, 0.5) is 4.39 Å². The fourth-order valence-electron chi connectivity index (χ4n) is 1.85. The van der Waals surface area contributed by atoms with Crippen molar-refractivity contribution in [2.24, 2.45) is 12.8 Å². The fourth-order valence-corrected chi connectivity index (χ4v) is 1.85. The van der Waals surface area contributed by atoms with Crippen molar-refractivity contribution in [3.63, 3.8) is 0 Å². The molecule has 0 unspecified atom stereocenters. The van der Waals surface area contributed by atoms with Crippen molar-refractivity contribution in [3.05, 3.63) is 35.8 Å². The Labute approximate surface area is 92.7 Å². The third-order valence-electron chi connectivity index (χ3n) is 2.62. The molecule has 3 nitrogen and oxygen atoms in total. The molecule has 0 fully saturated rings. The molecule has 0 aliphatic rings. The predicted octanol–water partition coefficient (Wildman–Crippen LogP) is 1.85. The minimum absolute atomic E-state index is 0.0429. The Morgan fingerprint density at radius 2 is 2.25 bits per heavy atom. The number of fused-ring (bicyclic) bond motifs is 1. The summed E-state index contributed by atoms with van der Waals surface area (Å²) in [6.07, 6.45) is 2.01. The molecule has 2 N–H and O–H groups in total. The number of nitrogens with zero attached hydrogens (tertiary/aromatic N) is 1. The molecule has 0 saturated carbocycles. The van der Waals surface area contributed by atoms with Gasteiger partial charge in [-0.05, 0) is 24.7 Å². The second-order valence-corrected chi connectivity index (χ2v) is 3.78. The van der Waals surface area contributed by atoms with Crippen LogP contribution in [0.5, 0.6) is 0 Å². The topological polar surface area (TPSA) is 48.0 Å². The summed E-state index contributed by atoms with van der Waals surface area (Å²) in [7, 11) is 1.83. The molecule has 0 amide bonds. The van der Waals surface area contributed by atoms with E-state index in [1.807, 2.05) is 11.6 Å². The van der Waals surface area contributed by atoms with Crippen LogP contribution in [0.15, 0.2) is 24.4 Å². The van der Waals surface area contributed by atoms with Crippen LogP contribution in [0.3, 0.4) is 0 Å². The molecule has 2 rings (SSSR count). The summed E-state index contributed by atoms with van der Waals surface area (Å²) in [5, 5.41) is 0.654. The molecule has 0 aliphatic heterocycles.